The van der Waals surface area contributed by atoms with Gasteiger partial charge in [0, 0.05) is 0 Å². The Balaban J connectivity index is 3.55. The van der Waals surface area contributed by atoms with Crippen molar-refractivity contribution < 1.29 is 34.1 Å². The molecule has 1 amide bonds. The van der Waals surface area contributed by atoms with E-state index < -0.39 is 52.3 Å². The first-order chi connectivity index (χ1) is 13.2. The van der Waals surface area contributed by atoms with Crippen LogP contribution in [0.15, 0.2) is 0 Å². The highest BCUT2D eigenvalue weighted by atomic mass is 16.6. The number of carboxylic acids is 2. The van der Waals surface area contributed by atoms with E-state index in [0.29, 0.717) is 0 Å². The van der Waals surface area contributed by atoms with Gasteiger partial charge in [-0.25, -0.2) is 4.79 Å². The molecule has 0 aliphatic carbocycles. The number of ether oxygens (including phenoxy) is 2. The number of rotatable bonds is 7. The third-order valence-electron chi connectivity index (χ3n) is 5.91. The van der Waals surface area contributed by atoms with Crippen LogP contribution in [0.1, 0.15) is 82.1 Å². The second-order valence-corrected chi connectivity index (χ2v) is 11.1. The van der Waals surface area contributed by atoms with Crippen molar-refractivity contribution in [3.8, 4) is 0 Å². The number of hydrogen-bond acceptors (Lipinski definition) is 5. The van der Waals surface area contributed by atoms with E-state index in [0.717, 1.165) is 0 Å². The number of amides is 1. The molecule has 0 unspecified atom stereocenters. The van der Waals surface area contributed by atoms with Crippen molar-refractivity contribution in [1.29, 1.82) is 0 Å². The van der Waals surface area contributed by atoms with Crippen molar-refractivity contribution in [3.05, 3.63) is 0 Å². The molecule has 1 rings (SSSR count). The minimum Gasteiger partial charge on any atom is -0.481 e. The highest BCUT2D eigenvalue weighted by molar-refractivity contribution is 5.76. The lowest BCUT2D eigenvalue weighted by molar-refractivity contribution is -0.168. The normalized spacial score (nSPS) is 23.9. The minimum absolute atomic E-state index is 0.121. The molecule has 8 nitrogen and oxygen atoms in total. The third kappa shape index (κ3) is 5.65. The van der Waals surface area contributed by atoms with Crippen LogP contribution in [0.25, 0.3) is 0 Å². The summed E-state index contributed by atoms with van der Waals surface area (Å²) in [6, 6.07) is -0.673. The highest BCUT2D eigenvalue weighted by Gasteiger charge is 2.61. The molecule has 1 fully saturated rings. The van der Waals surface area contributed by atoms with E-state index in [1.54, 1.807) is 69.2 Å². The predicted molar refractivity (Wildman–Crippen MR) is 112 cm³/mol. The van der Waals surface area contributed by atoms with Gasteiger partial charge in [-0.05, 0) is 59.3 Å². The Bertz CT molecular complexity index is 677. The van der Waals surface area contributed by atoms with Crippen LogP contribution in [0.5, 0.6) is 0 Å². The molecule has 1 aliphatic rings. The Morgan fingerprint density at radius 3 is 1.93 bits per heavy atom. The van der Waals surface area contributed by atoms with Crippen LogP contribution in [-0.4, -0.2) is 56.6 Å². The SMILES string of the molecule is CC(C)[C@](C)(C(=O)O)[C@@H]1OC(C)(C)N(C(=O)OC(C)(C)C)[C@H]1CC(C)(C)CC(=O)O. The summed E-state index contributed by atoms with van der Waals surface area (Å²) in [7, 11) is 0. The zero-order valence-electron chi connectivity index (χ0n) is 20.0. The molecule has 1 aliphatic heterocycles. The van der Waals surface area contributed by atoms with E-state index >= 15 is 0 Å². The van der Waals surface area contributed by atoms with E-state index in [1.807, 2.05) is 0 Å². The Kier molecular flexibility index (Phi) is 7.31. The van der Waals surface area contributed by atoms with Crippen molar-refractivity contribution in [2.45, 2.75) is 106 Å². The van der Waals surface area contributed by atoms with Crippen LogP contribution >= 0.6 is 0 Å². The van der Waals surface area contributed by atoms with E-state index in [9.17, 15) is 24.6 Å². The van der Waals surface area contributed by atoms with Gasteiger partial charge in [-0.3, -0.25) is 14.5 Å². The summed E-state index contributed by atoms with van der Waals surface area (Å²) in [5.41, 5.74) is -3.86. The summed E-state index contributed by atoms with van der Waals surface area (Å²) in [6.45, 7) is 17.5. The Labute approximate surface area is 179 Å². The van der Waals surface area contributed by atoms with Crippen LogP contribution < -0.4 is 0 Å². The first kappa shape index (κ1) is 26.2. The highest BCUT2D eigenvalue weighted by Crippen LogP contribution is 2.48. The topological polar surface area (TPSA) is 113 Å². The summed E-state index contributed by atoms with van der Waals surface area (Å²) >= 11 is 0. The number of carbonyl (C=O) groups is 3. The molecule has 2 N–H and O–H groups in total. The van der Waals surface area contributed by atoms with Gasteiger partial charge in [0.2, 0.25) is 0 Å². The van der Waals surface area contributed by atoms with E-state index in [4.69, 9.17) is 9.47 Å². The van der Waals surface area contributed by atoms with Crippen molar-refractivity contribution in [3.63, 3.8) is 0 Å². The van der Waals surface area contributed by atoms with Crippen LogP contribution in [0.2, 0.25) is 0 Å². The number of aliphatic carboxylic acids is 2. The molecule has 0 aromatic carbocycles. The summed E-state index contributed by atoms with van der Waals surface area (Å²) in [6.07, 6.45) is -1.32. The molecular weight excluding hydrogens is 390 g/mol. The average Bonchev–Trinajstić information content (AvgIpc) is 2.72. The van der Waals surface area contributed by atoms with Gasteiger partial charge < -0.3 is 19.7 Å². The number of carbonyl (C=O) groups excluding carboxylic acids is 1. The fourth-order valence-electron chi connectivity index (χ4n) is 4.11. The third-order valence-corrected chi connectivity index (χ3v) is 5.91. The molecule has 8 heteroatoms. The lowest BCUT2D eigenvalue weighted by Gasteiger charge is -2.41. The molecule has 30 heavy (non-hydrogen) atoms. The summed E-state index contributed by atoms with van der Waals surface area (Å²) in [5, 5.41) is 19.4. The van der Waals surface area contributed by atoms with Gasteiger partial charge in [-0.1, -0.05) is 27.7 Å². The molecule has 1 heterocycles. The van der Waals surface area contributed by atoms with Crippen molar-refractivity contribution in [2.24, 2.45) is 16.7 Å². The standard InChI is InChI=1S/C22H39NO7/c1-13(2)22(10,17(26)27)16-14(11-20(6,7)12-15(24)25)23(21(8,9)29-16)18(28)30-19(3,4)5/h13-14,16H,11-12H2,1-10H3,(H,24,25)(H,26,27)/t14-,16+,22-/m0/s1. The van der Waals surface area contributed by atoms with Crippen LogP contribution in [0, 0.1) is 16.7 Å². The van der Waals surface area contributed by atoms with Crippen LogP contribution in [-0.2, 0) is 19.1 Å². The molecule has 0 aromatic heterocycles. The van der Waals surface area contributed by atoms with Gasteiger partial charge in [0.1, 0.15) is 11.3 Å². The fraction of sp³-hybridized carbons (Fsp3) is 0.864. The van der Waals surface area contributed by atoms with Gasteiger partial charge in [0.15, 0.2) is 0 Å². The van der Waals surface area contributed by atoms with E-state index in [2.05, 4.69) is 0 Å². The Morgan fingerprint density at radius 2 is 1.57 bits per heavy atom. The van der Waals surface area contributed by atoms with E-state index in [1.165, 1.54) is 4.90 Å². The molecule has 0 aromatic rings. The monoisotopic (exact) mass is 429 g/mol. The second kappa shape index (κ2) is 8.36. The van der Waals surface area contributed by atoms with E-state index in [-0.39, 0.29) is 18.8 Å². The van der Waals surface area contributed by atoms with Gasteiger partial charge in [0.25, 0.3) is 0 Å². The fourth-order valence-corrected chi connectivity index (χ4v) is 4.11. The summed E-state index contributed by atoms with van der Waals surface area (Å²) in [4.78, 5) is 38.4. The van der Waals surface area contributed by atoms with Crippen molar-refractivity contribution >= 4 is 18.0 Å². The predicted octanol–water partition coefficient (Wildman–Crippen LogP) is 4.36. The average molecular weight is 430 g/mol. The van der Waals surface area contributed by atoms with Crippen molar-refractivity contribution in [2.75, 3.05) is 0 Å². The molecule has 1 saturated heterocycles. The maximum Gasteiger partial charge on any atom is 0.412 e. The summed E-state index contributed by atoms with van der Waals surface area (Å²) in [5.74, 6) is -2.27. The summed E-state index contributed by atoms with van der Waals surface area (Å²) < 4.78 is 11.9. The smallest absolute Gasteiger partial charge is 0.412 e. The van der Waals surface area contributed by atoms with Crippen molar-refractivity contribution in [1.82, 2.24) is 4.90 Å². The Morgan fingerprint density at radius 1 is 1.07 bits per heavy atom. The largest absolute Gasteiger partial charge is 0.481 e. The zero-order valence-corrected chi connectivity index (χ0v) is 20.0. The quantitative estimate of drug-likeness (QED) is 0.618. The van der Waals surface area contributed by atoms with Crippen LogP contribution in [0.4, 0.5) is 4.79 Å². The lowest BCUT2D eigenvalue weighted by Crippen LogP contribution is -2.54. The molecule has 0 spiro atoms. The first-order valence-corrected chi connectivity index (χ1v) is 10.4. The van der Waals surface area contributed by atoms with Gasteiger partial charge in [0.05, 0.1) is 24.0 Å². The lowest BCUT2D eigenvalue weighted by atomic mass is 9.69. The molecule has 0 radical (unpaired) electrons. The number of hydrogen-bond donors (Lipinski definition) is 2. The number of nitrogens with zero attached hydrogens (tertiary/aromatic N) is 1. The van der Waals surface area contributed by atoms with Crippen LogP contribution in [0.3, 0.4) is 0 Å². The Hall–Kier alpha value is -1.83. The number of carboxylic acid groups (broad SMARTS) is 2. The second-order valence-electron chi connectivity index (χ2n) is 11.1. The molecule has 0 saturated carbocycles. The molecule has 174 valence electrons. The molecular formula is C22H39NO7. The first-order valence-electron chi connectivity index (χ1n) is 10.4. The maximum atomic E-state index is 13.2. The molecule has 0 bridgehead atoms. The molecule has 3 atom stereocenters. The van der Waals surface area contributed by atoms with Gasteiger partial charge in [-0.2, -0.15) is 0 Å². The minimum atomic E-state index is -1.29. The van der Waals surface area contributed by atoms with Gasteiger partial charge >= 0.3 is 18.0 Å². The van der Waals surface area contributed by atoms with Gasteiger partial charge in [-0.15, -0.1) is 0 Å². The zero-order chi connectivity index (χ0) is 23.9. The maximum absolute atomic E-state index is 13.2.